The number of alkyl halides is 7. The summed E-state index contributed by atoms with van der Waals surface area (Å²) < 4.78 is 85.5. The van der Waals surface area contributed by atoms with Gasteiger partial charge in [-0.05, 0) is 0 Å². The molecule has 92 valence electrons. The highest BCUT2D eigenvalue weighted by atomic mass is 19.3. The summed E-state index contributed by atoms with van der Waals surface area (Å²) in [6, 6.07) is 0. The summed E-state index contributed by atoms with van der Waals surface area (Å²) in [5, 5.41) is 16.2. The zero-order chi connectivity index (χ0) is 12.5. The van der Waals surface area contributed by atoms with Crippen molar-refractivity contribution in [2.24, 2.45) is 0 Å². The first-order valence-corrected chi connectivity index (χ1v) is 3.53. The molecule has 0 aliphatic rings. The Morgan fingerprint density at radius 1 is 1.00 bits per heavy atom. The van der Waals surface area contributed by atoms with Crippen LogP contribution in [0.1, 0.15) is 0 Å². The van der Waals surface area contributed by atoms with Crippen molar-refractivity contribution in [1.82, 2.24) is 0 Å². The van der Waals surface area contributed by atoms with Crippen LogP contribution in [-0.4, -0.2) is 47.4 Å². The lowest BCUT2D eigenvalue weighted by Gasteiger charge is -2.33. The molecule has 0 fully saturated rings. The van der Waals surface area contributed by atoms with Gasteiger partial charge in [0.25, 0.3) is 0 Å². The molecule has 0 bridgehead atoms. The molecule has 0 saturated heterocycles. The lowest BCUT2D eigenvalue weighted by molar-refractivity contribution is -0.336. The molecule has 0 aliphatic heterocycles. The fourth-order valence-corrected chi connectivity index (χ4v) is 0.652. The van der Waals surface area contributed by atoms with E-state index in [1.807, 2.05) is 0 Å². The van der Waals surface area contributed by atoms with E-state index in [0.717, 1.165) is 0 Å². The highest BCUT2D eigenvalue weighted by Crippen LogP contribution is 2.47. The molecule has 0 aromatic carbocycles. The molecule has 0 heterocycles. The minimum Gasteiger partial charge on any atom is -0.393 e. The van der Waals surface area contributed by atoms with E-state index in [1.54, 1.807) is 0 Å². The fraction of sp³-hybridized carbons (Fsp3) is 1.00. The molecule has 0 spiro atoms. The Labute approximate surface area is 79.3 Å². The molecule has 0 amide bonds. The summed E-state index contributed by atoms with van der Waals surface area (Å²) in [6.45, 7) is -4.86. The van der Waals surface area contributed by atoms with Gasteiger partial charge < -0.3 is 10.2 Å². The number of aliphatic hydroxyl groups excluding tert-OH is 2. The topological polar surface area (TPSA) is 40.5 Å². The largest absolute Gasteiger partial charge is 0.393 e. The van der Waals surface area contributed by atoms with Crippen LogP contribution >= 0.6 is 0 Å². The third-order valence-electron chi connectivity index (χ3n) is 1.64. The zero-order valence-corrected chi connectivity index (χ0v) is 7.03. The second-order valence-electron chi connectivity index (χ2n) is 2.73. The molecular weight excluding hydrogens is 237 g/mol. The molecular formula is C6H7F7O2. The Kier molecular flexibility index (Phi) is 3.97. The highest BCUT2D eigenvalue weighted by Gasteiger charge is 2.73. The molecule has 0 radical (unpaired) electrons. The Hall–Kier alpha value is -0.570. The molecule has 0 aromatic heterocycles. The van der Waals surface area contributed by atoms with E-state index < -0.39 is 37.2 Å². The van der Waals surface area contributed by atoms with Crippen molar-refractivity contribution >= 4 is 0 Å². The van der Waals surface area contributed by atoms with E-state index >= 15 is 0 Å². The second kappa shape index (κ2) is 4.12. The average Bonchev–Trinajstić information content (AvgIpc) is 2.15. The molecule has 9 heteroatoms. The summed E-state index contributed by atoms with van der Waals surface area (Å²) in [5.74, 6) is -17.3. The van der Waals surface area contributed by atoms with Crippen LogP contribution in [0.5, 0.6) is 0 Å². The van der Waals surface area contributed by atoms with Crippen LogP contribution in [0.15, 0.2) is 0 Å². The van der Waals surface area contributed by atoms with Gasteiger partial charge in [-0.1, -0.05) is 0 Å². The molecule has 2 N–H and O–H groups in total. The molecule has 2 nitrogen and oxygen atoms in total. The van der Waals surface area contributed by atoms with Crippen LogP contribution in [0.2, 0.25) is 0 Å². The van der Waals surface area contributed by atoms with E-state index in [2.05, 4.69) is 0 Å². The molecule has 1 atom stereocenters. The van der Waals surface area contributed by atoms with Gasteiger partial charge in [0.05, 0.1) is 6.61 Å². The van der Waals surface area contributed by atoms with E-state index in [9.17, 15) is 30.7 Å². The van der Waals surface area contributed by atoms with Crippen molar-refractivity contribution in [3.8, 4) is 0 Å². The van der Waals surface area contributed by atoms with Crippen LogP contribution in [0, 0.1) is 0 Å². The maximum Gasteiger partial charge on any atom is 0.377 e. The minimum absolute atomic E-state index is 1.86. The van der Waals surface area contributed by atoms with Crippen molar-refractivity contribution in [3.63, 3.8) is 0 Å². The van der Waals surface area contributed by atoms with Crippen LogP contribution in [0.25, 0.3) is 0 Å². The Morgan fingerprint density at radius 2 is 1.40 bits per heavy atom. The van der Waals surface area contributed by atoms with Crippen molar-refractivity contribution < 1.29 is 40.9 Å². The summed E-state index contributed by atoms with van der Waals surface area (Å²) in [6.07, 6.45) is -3.40. The van der Waals surface area contributed by atoms with Gasteiger partial charge in [0.15, 0.2) is 6.67 Å². The maximum absolute atomic E-state index is 12.5. The molecule has 0 saturated carbocycles. The highest BCUT2D eigenvalue weighted by molar-refractivity contribution is 4.99. The SMILES string of the molecule is OCC(O)C(F)(F)C(F)(F)C(F)(F)CF. The normalized spacial score (nSPS) is 16.6. The monoisotopic (exact) mass is 244 g/mol. The number of aliphatic hydroxyl groups is 2. The van der Waals surface area contributed by atoms with E-state index in [1.165, 1.54) is 0 Å². The summed E-state index contributed by atoms with van der Waals surface area (Å²) in [5.41, 5.74) is 0. The summed E-state index contributed by atoms with van der Waals surface area (Å²) in [4.78, 5) is 0. The molecule has 0 aliphatic carbocycles. The third-order valence-corrected chi connectivity index (χ3v) is 1.64. The third kappa shape index (κ3) is 2.17. The van der Waals surface area contributed by atoms with Gasteiger partial charge in [-0.2, -0.15) is 26.3 Å². The van der Waals surface area contributed by atoms with Gasteiger partial charge in [0, 0.05) is 0 Å². The first-order valence-electron chi connectivity index (χ1n) is 3.53. The van der Waals surface area contributed by atoms with Gasteiger partial charge in [0.2, 0.25) is 0 Å². The van der Waals surface area contributed by atoms with Crippen LogP contribution < -0.4 is 0 Å². The van der Waals surface area contributed by atoms with E-state index in [4.69, 9.17) is 10.2 Å². The Morgan fingerprint density at radius 3 is 1.67 bits per heavy atom. The van der Waals surface area contributed by atoms with Gasteiger partial charge in [-0.25, -0.2) is 4.39 Å². The second-order valence-corrected chi connectivity index (χ2v) is 2.73. The van der Waals surface area contributed by atoms with E-state index in [-0.39, 0.29) is 0 Å². The molecule has 1 unspecified atom stereocenters. The molecule has 0 aromatic rings. The van der Waals surface area contributed by atoms with E-state index in [0.29, 0.717) is 0 Å². The zero-order valence-electron chi connectivity index (χ0n) is 7.03. The smallest absolute Gasteiger partial charge is 0.377 e. The standard InChI is InChI=1S/C6H7F7O2/c7-2-4(8,9)6(12,13)5(10,11)3(15)1-14/h3,14-15H,1-2H2. The number of hydrogen-bond donors (Lipinski definition) is 2. The van der Waals surface area contributed by atoms with Crippen LogP contribution in [0.4, 0.5) is 30.7 Å². The fourth-order valence-electron chi connectivity index (χ4n) is 0.652. The lowest BCUT2D eigenvalue weighted by atomic mass is 10.0. The molecule has 0 rings (SSSR count). The van der Waals surface area contributed by atoms with Crippen molar-refractivity contribution in [2.75, 3.05) is 13.3 Å². The quantitative estimate of drug-likeness (QED) is 0.714. The van der Waals surface area contributed by atoms with Gasteiger partial charge in [-0.3, -0.25) is 0 Å². The minimum atomic E-state index is -6.09. The van der Waals surface area contributed by atoms with Crippen molar-refractivity contribution in [2.45, 2.75) is 23.9 Å². The maximum atomic E-state index is 12.5. The number of rotatable bonds is 5. The Balaban J connectivity index is 5.17. The predicted octanol–water partition coefficient (Wildman–Crippen LogP) is 1.22. The first-order chi connectivity index (χ1) is 6.54. The first kappa shape index (κ1) is 14.4. The number of hydrogen-bond acceptors (Lipinski definition) is 2. The van der Waals surface area contributed by atoms with Gasteiger partial charge in [0.1, 0.15) is 6.10 Å². The molecule has 15 heavy (non-hydrogen) atoms. The van der Waals surface area contributed by atoms with Crippen LogP contribution in [0.3, 0.4) is 0 Å². The van der Waals surface area contributed by atoms with Gasteiger partial charge in [-0.15, -0.1) is 0 Å². The summed E-state index contributed by atoms with van der Waals surface area (Å²) in [7, 11) is 0. The lowest BCUT2D eigenvalue weighted by Crippen LogP contribution is -2.61. The average molecular weight is 244 g/mol. The van der Waals surface area contributed by atoms with Gasteiger partial charge >= 0.3 is 17.8 Å². The van der Waals surface area contributed by atoms with Crippen LogP contribution in [-0.2, 0) is 0 Å². The Bertz CT molecular complexity index is 218. The summed E-state index contributed by atoms with van der Waals surface area (Å²) >= 11 is 0. The van der Waals surface area contributed by atoms with Crippen molar-refractivity contribution in [3.05, 3.63) is 0 Å². The van der Waals surface area contributed by atoms with Crippen molar-refractivity contribution in [1.29, 1.82) is 0 Å². The number of halogens is 7. The predicted molar refractivity (Wildman–Crippen MR) is 33.9 cm³/mol.